The molecule has 4 aromatic carbocycles. The van der Waals surface area contributed by atoms with Crippen molar-refractivity contribution in [2.45, 2.75) is 114 Å². The van der Waals surface area contributed by atoms with Crippen LogP contribution in [-0.2, 0) is 79.4 Å². The number of amides is 1. The summed E-state index contributed by atoms with van der Waals surface area (Å²) in [4.78, 5) is 32.7. The molecule has 71 heavy (non-hydrogen) atoms. The number of carbonyl (C=O) groups is 2. The van der Waals surface area contributed by atoms with Crippen molar-refractivity contribution < 1.29 is 51.2 Å². The van der Waals surface area contributed by atoms with Gasteiger partial charge in [-0.05, 0) is 182 Å². The standard InChI is InChI=1S/C27H30N2O5S.C17H17NO3.C10H15NO3S/c1-17-14-20(27(2,3)31)9-11-24(17)35(32,33)29-25(30)16-23-21-7-5-6-18(21)8-10-22(23)19-12-13-28-26(15-19)34-4;1-21-16-9-12(7-8-18-16)14-6-5-11-3-2-4-13(11)15(14)10-17(19)20;1-7-6-8(10(2,3)12)4-5-9(7)15(11,13)14/h8-15,31H,5-7,16H2,1-4H3,(H,29,30);5-9H,2-4,10H2,1H3,(H,19,20);4-6,12H,1-3H3,(H2,11,13,14). The van der Waals surface area contributed by atoms with Gasteiger partial charge in [-0.1, -0.05) is 48.5 Å². The molecule has 2 heterocycles. The fourth-order valence-electron chi connectivity index (χ4n) is 9.04. The van der Waals surface area contributed by atoms with Gasteiger partial charge in [-0.25, -0.2) is 36.7 Å². The quantitative estimate of drug-likeness (QED) is 0.0750. The summed E-state index contributed by atoms with van der Waals surface area (Å²) in [6.07, 6.45) is 9.22. The Kier molecular flexibility index (Phi) is 16.6. The maximum Gasteiger partial charge on any atom is 0.307 e. The van der Waals surface area contributed by atoms with E-state index in [0.717, 1.165) is 77.5 Å². The Labute approximate surface area is 416 Å². The van der Waals surface area contributed by atoms with E-state index in [1.54, 1.807) is 92.4 Å². The molecule has 8 rings (SSSR count). The number of carbonyl (C=O) groups excluding carboxylic acids is 1. The van der Waals surface area contributed by atoms with Crippen LogP contribution in [-0.4, -0.2) is 68.2 Å². The minimum atomic E-state index is -4.09. The number of aromatic nitrogens is 2. The number of hydrogen-bond donors (Lipinski definition) is 5. The molecule has 15 nitrogen and oxygen atoms in total. The Morgan fingerprint density at radius 1 is 0.634 bits per heavy atom. The maximum absolute atomic E-state index is 13.1. The van der Waals surface area contributed by atoms with Crippen molar-refractivity contribution in [1.29, 1.82) is 0 Å². The molecule has 0 bridgehead atoms. The van der Waals surface area contributed by atoms with E-state index in [4.69, 9.17) is 14.6 Å². The highest BCUT2D eigenvalue weighted by Crippen LogP contribution is 2.37. The Morgan fingerprint density at radius 2 is 1.07 bits per heavy atom. The number of hydrogen-bond acceptors (Lipinski definition) is 12. The molecule has 1 amide bonds. The molecule has 0 unspecified atom stereocenters. The van der Waals surface area contributed by atoms with Gasteiger partial charge in [0.1, 0.15) is 0 Å². The summed E-state index contributed by atoms with van der Waals surface area (Å²) < 4.78 is 61.1. The Bertz CT molecular complexity index is 3200. The largest absolute Gasteiger partial charge is 0.481 e. The van der Waals surface area contributed by atoms with Gasteiger partial charge in [-0.15, -0.1) is 0 Å². The van der Waals surface area contributed by atoms with Gasteiger partial charge in [0.05, 0.1) is 48.1 Å². The number of aliphatic carboxylic acids is 1. The minimum absolute atomic E-state index is 0.0104. The highest BCUT2D eigenvalue weighted by molar-refractivity contribution is 7.90. The lowest BCUT2D eigenvalue weighted by atomic mass is 9.91. The van der Waals surface area contributed by atoms with Crippen LogP contribution in [0.15, 0.2) is 107 Å². The highest BCUT2D eigenvalue weighted by atomic mass is 32.2. The van der Waals surface area contributed by atoms with E-state index in [-0.39, 0.29) is 22.6 Å². The van der Waals surface area contributed by atoms with Crippen LogP contribution in [0.5, 0.6) is 11.8 Å². The zero-order valence-electron chi connectivity index (χ0n) is 41.3. The molecule has 0 atom stereocenters. The molecule has 0 aliphatic heterocycles. The van der Waals surface area contributed by atoms with E-state index in [9.17, 15) is 41.7 Å². The zero-order chi connectivity index (χ0) is 52.1. The number of methoxy groups -OCH3 is 2. The van der Waals surface area contributed by atoms with Crippen molar-refractivity contribution in [3.63, 3.8) is 0 Å². The van der Waals surface area contributed by atoms with Crippen LogP contribution in [0.4, 0.5) is 0 Å². The SMILES string of the molecule is COc1cc(-c2ccc3c(c2CC(=O)NS(=O)(=O)c2ccc(C(C)(C)O)cc2C)CCC3)ccn1.COc1cc(-c2ccc3c(c2CC(=O)O)CCC3)ccn1.Cc1cc(C(C)(C)O)ccc1S(N)(=O)=O. The lowest BCUT2D eigenvalue weighted by Crippen LogP contribution is -2.32. The number of carboxylic acids is 1. The summed E-state index contributed by atoms with van der Waals surface area (Å²) in [5, 5.41) is 34.2. The number of ether oxygens (including phenoxy) is 2. The monoisotopic (exact) mass is 1010 g/mol. The van der Waals surface area contributed by atoms with Gasteiger partial charge in [0.15, 0.2) is 0 Å². The van der Waals surface area contributed by atoms with Gasteiger partial charge in [0.2, 0.25) is 27.7 Å². The van der Waals surface area contributed by atoms with Crippen LogP contribution in [0.1, 0.15) is 96.2 Å². The molecule has 0 fully saturated rings. The predicted molar refractivity (Wildman–Crippen MR) is 271 cm³/mol. The second-order valence-corrected chi connectivity index (χ2v) is 21.9. The van der Waals surface area contributed by atoms with Gasteiger partial charge in [0, 0.05) is 24.5 Å². The Morgan fingerprint density at radius 3 is 1.46 bits per heavy atom. The van der Waals surface area contributed by atoms with Crippen LogP contribution in [0.3, 0.4) is 0 Å². The second kappa shape index (κ2) is 21.9. The van der Waals surface area contributed by atoms with Gasteiger partial charge in [0.25, 0.3) is 10.0 Å². The van der Waals surface area contributed by atoms with Crippen LogP contribution >= 0.6 is 0 Å². The number of nitrogens with zero attached hydrogens (tertiary/aromatic N) is 2. The van der Waals surface area contributed by atoms with Crippen LogP contribution in [0.2, 0.25) is 0 Å². The van der Waals surface area contributed by atoms with Crippen molar-refractivity contribution in [3.8, 4) is 34.0 Å². The third kappa shape index (κ3) is 13.3. The van der Waals surface area contributed by atoms with E-state index in [0.29, 0.717) is 34.0 Å². The summed E-state index contributed by atoms with van der Waals surface area (Å²) in [6.45, 7) is 9.83. The molecule has 2 aliphatic rings. The first-order valence-corrected chi connectivity index (χ1v) is 26.1. The molecule has 0 saturated heterocycles. The minimum Gasteiger partial charge on any atom is -0.481 e. The van der Waals surface area contributed by atoms with Crippen LogP contribution < -0.4 is 19.3 Å². The third-order valence-corrected chi connectivity index (χ3v) is 15.2. The number of aryl methyl sites for hydroxylation is 4. The van der Waals surface area contributed by atoms with Gasteiger partial charge >= 0.3 is 5.97 Å². The van der Waals surface area contributed by atoms with Crippen molar-refractivity contribution in [2.24, 2.45) is 5.14 Å². The number of primary sulfonamides is 1. The molecule has 0 saturated carbocycles. The van der Waals surface area contributed by atoms with Crippen molar-refractivity contribution in [3.05, 3.63) is 153 Å². The van der Waals surface area contributed by atoms with E-state index < -0.39 is 43.1 Å². The molecule has 6 aromatic rings. The average molecular weight is 1010 g/mol. The van der Waals surface area contributed by atoms with Gasteiger partial charge in [-0.2, -0.15) is 0 Å². The lowest BCUT2D eigenvalue weighted by Gasteiger charge is -2.19. The molecule has 2 aliphatic carbocycles. The third-order valence-electron chi connectivity index (χ3n) is 12.6. The predicted octanol–water partition coefficient (Wildman–Crippen LogP) is 7.57. The molecule has 376 valence electrons. The molecule has 0 radical (unpaired) electrons. The first kappa shape index (κ1) is 53.8. The van der Waals surface area contributed by atoms with E-state index in [1.807, 2.05) is 36.4 Å². The van der Waals surface area contributed by atoms with Gasteiger partial charge < -0.3 is 24.8 Å². The maximum atomic E-state index is 13.1. The topological polar surface area (TPSA) is 245 Å². The summed E-state index contributed by atoms with van der Waals surface area (Å²) in [5.74, 6) is -0.392. The number of nitrogens with two attached hydrogens (primary N) is 1. The first-order valence-electron chi connectivity index (χ1n) is 23.1. The van der Waals surface area contributed by atoms with Crippen LogP contribution in [0.25, 0.3) is 22.3 Å². The van der Waals surface area contributed by atoms with Crippen LogP contribution in [0, 0.1) is 13.8 Å². The number of fused-ring (bicyclic) bond motifs is 2. The Hall–Kier alpha value is -6.50. The van der Waals surface area contributed by atoms with E-state index in [2.05, 4.69) is 26.8 Å². The normalized spacial score (nSPS) is 13.2. The molecule has 6 N–H and O–H groups in total. The molecular formula is C54H62N4O11S2. The van der Waals surface area contributed by atoms with Gasteiger partial charge in [-0.3, -0.25) is 9.59 Å². The number of nitrogens with one attached hydrogen (secondary N) is 1. The number of sulfonamides is 2. The first-order chi connectivity index (χ1) is 33.3. The van der Waals surface area contributed by atoms with Crippen molar-refractivity contribution >= 4 is 31.9 Å². The number of benzene rings is 4. The fraction of sp³-hybridized carbons (Fsp3) is 0.333. The highest BCUT2D eigenvalue weighted by Gasteiger charge is 2.27. The average Bonchev–Trinajstić information content (AvgIpc) is 3.99. The molecular weight excluding hydrogens is 945 g/mol. The lowest BCUT2D eigenvalue weighted by molar-refractivity contribution is -0.136. The van der Waals surface area contributed by atoms with Crippen molar-refractivity contribution in [1.82, 2.24) is 14.7 Å². The smallest absolute Gasteiger partial charge is 0.307 e. The molecule has 0 spiro atoms. The Balaban J connectivity index is 0.000000194. The van der Waals surface area contributed by atoms with E-state index in [1.165, 1.54) is 28.8 Å². The second-order valence-electron chi connectivity index (χ2n) is 18.7. The van der Waals surface area contributed by atoms with E-state index >= 15 is 0 Å². The molecule has 2 aromatic heterocycles. The zero-order valence-corrected chi connectivity index (χ0v) is 42.9. The number of carboxylic acid groups (broad SMARTS) is 1. The summed E-state index contributed by atoms with van der Waals surface area (Å²) in [6, 6.07) is 24.8. The summed E-state index contributed by atoms with van der Waals surface area (Å²) in [5.41, 5.74) is 10.4. The van der Waals surface area contributed by atoms with Crippen molar-refractivity contribution in [2.75, 3.05) is 14.2 Å². The number of rotatable bonds is 13. The summed E-state index contributed by atoms with van der Waals surface area (Å²) in [7, 11) is -4.64. The number of aliphatic hydroxyl groups is 2. The summed E-state index contributed by atoms with van der Waals surface area (Å²) >= 11 is 0. The number of pyridine rings is 2. The molecule has 17 heteroatoms. The fourth-order valence-corrected chi connectivity index (χ4v) is 11.0.